The molecule has 0 aliphatic heterocycles. The molecule has 0 aliphatic carbocycles. The van der Waals surface area contributed by atoms with E-state index < -0.39 is 0 Å². The summed E-state index contributed by atoms with van der Waals surface area (Å²) in [6.45, 7) is 0. The van der Waals surface area contributed by atoms with Gasteiger partial charge in [0.05, 0.1) is 12.8 Å². The zero-order chi connectivity index (χ0) is 13.1. The first-order chi connectivity index (χ1) is 8.58. The molecule has 0 aromatic heterocycles. The Morgan fingerprint density at radius 1 is 1.22 bits per heavy atom. The van der Waals surface area contributed by atoms with E-state index in [0.717, 1.165) is 21.6 Å². The second-order valence-corrected chi connectivity index (χ2v) is 5.84. The molecular formula is C13H12BrIN2O. The zero-order valence-corrected chi connectivity index (χ0v) is 13.4. The Bertz CT molecular complexity index is 575. The smallest absolute Gasteiger partial charge is 0.122 e. The van der Waals surface area contributed by atoms with Gasteiger partial charge in [-0.25, -0.2) is 0 Å². The number of methoxy groups -OCH3 is 1. The molecular weight excluding hydrogens is 407 g/mol. The van der Waals surface area contributed by atoms with Gasteiger partial charge in [-0.2, -0.15) is 0 Å². The lowest BCUT2D eigenvalue weighted by Crippen LogP contribution is -1.95. The van der Waals surface area contributed by atoms with Gasteiger partial charge < -0.3 is 15.8 Å². The molecule has 5 heteroatoms. The van der Waals surface area contributed by atoms with Crippen molar-refractivity contribution in [3.63, 3.8) is 0 Å². The van der Waals surface area contributed by atoms with E-state index in [2.05, 4.69) is 43.8 Å². The molecule has 0 saturated carbocycles. The minimum absolute atomic E-state index is 0.665. The van der Waals surface area contributed by atoms with E-state index in [0.29, 0.717) is 5.69 Å². The Labute approximate surface area is 128 Å². The highest BCUT2D eigenvalue weighted by atomic mass is 127. The second-order valence-electron chi connectivity index (χ2n) is 3.74. The molecule has 0 fully saturated rings. The van der Waals surface area contributed by atoms with Gasteiger partial charge in [-0.05, 0) is 62.8 Å². The van der Waals surface area contributed by atoms with E-state index in [4.69, 9.17) is 10.5 Å². The van der Waals surface area contributed by atoms with Gasteiger partial charge in [0.1, 0.15) is 5.75 Å². The van der Waals surface area contributed by atoms with Crippen LogP contribution in [0.2, 0.25) is 0 Å². The van der Waals surface area contributed by atoms with Crippen LogP contribution < -0.4 is 15.8 Å². The molecule has 0 unspecified atom stereocenters. The average molecular weight is 419 g/mol. The second kappa shape index (κ2) is 5.79. The van der Waals surface area contributed by atoms with Crippen LogP contribution in [-0.2, 0) is 0 Å². The Morgan fingerprint density at radius 3 is 2.67 bits per heavy atom. The van der Waals surface area contributed by atoms with Crippen LogP contribution in [0.25, 0.3) is 0 Å². The molecule has 2 aromatic rings. The van der Waals surface area contributed by atoms with E-state index in [1.165, 1.54) is 3.57 Å². The molecule has 2 rings (SSSR count). The molecule has 0 aliphatic rings. The maximum atomic E-state index is 5.82. The van der Waals surface area contributed by atoms with E-state index in [9.17, 15) is 0 Å². The summed E-state index contributed by atoms with van der Waals surface area (Å²) in [4.78, 5) is 0. The summed E-state index contributed by atoms with van der Waals surface area (Å²) in [6, 6.07) is 11.7. The van der Waals surface area contributed by atoms with Gasteiger partial charge in [0.15, 0.2) is 0 Å². The molecule has 3 nitrogen and oxygen atoms in total. The first-order valence-electron chi connectivity index (χ1n) is 5.25. The largest absolute Gasteiger partial charge is 0.497 e. The number of nitrogens with two attached hydrogens (primary N) is 1. The Morgan fingerprint density at radius 2 is 2.00 bits per heavy atom. The van der Waals surface area contributed by atoms with Crippen molar-refractivity contribution in [2.75, 3.05) is 18.2 Å². The third kappa shape index (κ3) is 3.29. The first-order valence-corrected chi connectivity index (χ1v) is 7.12. The van der Waals surface area contributed by atoms with Crippen molar-refractivity contribution >= 4 is 55.6 Å². The van der Waals surface area contributed by atoms with Crippen molar-refractivity contribution in [3.8, 4) is 5.75 Å². The summed E-state index contributed by atoms with van der Waals surface area (Å²) in [5, 5.41) is 3.30. The summed E-state index contributed by atoms with van der Waals surface area (Å²) >= 11 is 5.80. The van der Waals surface area contributed by atoms with Crippen molar-refractivity contribution in [3.05, 3.63) is 44.4 Å². The fourth-order valence-electron chi connectivity index (χ4n) is 1.56. The van der Waals surface area contributed by atoms with Crippen LogP contribution in [0.4, 0.5) is 17.1 Å². The van der Waals surface area contributed by atoms with Gasteiger partial charge in [0.2, 0.25) is 0 Å². The van der Waals surface area contributed by atoms with Crippen molar-refractivity contribution in [1.29, 1.82) is 0 Å². The lowest BCUT2D eigenvalue weighted by Gasteiger charge is -2.11. The summed E-state index contributed by atoms with van der Waals surface area (Å²) < 4.78 is 7.38. The normalized spacial score (nSPS) is 10.2. The number of halogens is 2. The lowest BCUT2D eigenvalue weighted by molar-refractivity contribution is 0.415. The molecule has 0 radical (unpaired) electrons. The molecule has 0 bridgehead atoms. The van der Waals surface area contributed by atoms with Gasteiger partial charge in [0, 0.05) is 31.6 Å². The van der Waals surface area contributed by atoms with Gasteiger partial charge in [0.25, 0.3) is 0 Å². The predicted molar refractivity (Wildman–Crippen MR) is 87.5 cm³/mol. The maximum Gasteiger partial charge on any atom is 0.122 e. The summed E-state index contributed by atoms with van der Waals surface area (Å²) in [6.07, 6.45) is 0. The van der Waals surface area contributed by atoms with Crippen LogP contribution in [0, 0.1) is 3.57 Å². The van der Waals surface area contributed by atoms with Crippen LogP contribution >= 0.6 is 38.5 Å². The zero-order valence-electron chi connectivity index (χ0n) is 9.71. The van der Waals surface area contributed by atoms with E-state index in [-0.39, 0.29) is 0 Å². The molecule has 0 saturated heterocycles. The standard InChI is InChI=1S/C13H12BrIN2O/c1-18-11-6-9(16)5-10(7-11)17-13-3-2-8(15)4-12(13)14/h2-7,17H,16H2,1H3. The molecule has 0 amide bonds. The Kier molecular flexibility index (Phi) is 4.34. The Balaban J connectivity index is 2.30. The van der Waals surface area contributed by atoms with Gasteiger partial charge in [-0.15, -0.1) is 0 Å². The third-order valence-electron chi connectivity index (χ3n) is 2.37. The number of rotatable bonds is 3. The van der Waals surface area contributed by atoms with Gasteiger partial charge in [-0.3, -0.25) is 0 Å². The molecule has 18 heavy (non-hydrogen) atoms. The number of nitrogens with one attached hydrogen (secondary N) is 1. The fourth-order valence-corrected chi connectivity index (χ4v) is 2.96. The number of hydrogen-bond donors (Lipinski definition) is 2. The average Bonchev–Trinajstić information content (AvgIpc) is 2.32. The molecule has 2 aromatic carbocycles. The van der Waals surface area contributed by atoms with Crippen LogP contribution in [0.5, 0.6) is 5.75 Å². The topological polar surface area (TPSA) is 47.3 Å². The van der Waals surface area contributed by atoms with Crippen LogP contribution in [0.15, 0.2) is 40.9 Å². The highest BCUT2D eigenvalue weighted by Crippen LogP contribution is 2.30. The van der Waals surface area contributed by atoms with E-state index in [1.54, 1.807) is 13.2 Å². The molecule has 0 atom stereocenters. The molecule has 3 N–H and O–H groups in total. The monoisotopic (exact) mass is 418 g/mol. The summed E-state index contributed by atoms with van der Waals surface area (Å²) in [5.74, 6) is 0.735. The Hall–Kier alpha value is -0.950. The minimum Gasteiger partial charge on any atom is -0.497 e. The summed E-state index contributed by atoms with van der Waals surface area (Å²) in [7, 11) is 1.62. The first kappa shape index (κ1) is 13.5. The lowest BCUT2D eigenvalue weighted by atomic mass is 10.2. The van der Waals surface area contributed by atoms with Crippen LogP contribution in [0.1, 0.15) is 0 Å². The van der Waals surface area contributed by atoms with Crippen LogP contribution in [-0.4, -0.2) is 7.11 Å². The molecule has 0 spiro atoms. The number of anilines is 3. The number of nitrogen functional groups attached to an aromatic ring is 1. The maximum absolute atomic E-state index is 5.82. The summed E-state index contributed by atoms with van der Waals surface area (Å²) in [5.41, 5.74) is 8.37. The van der Waals surface area contributed by atoms with Gasteiger partial charge in [-0.1, -0.05) is 0 Å². The van der Waals surface area contributed by atoms with Crippen molar-refractivity contribution in [1.82, 2.24) is 0 Å². The quantitative estimate of drug-likeness (QED) is 0.574. The van der Waals surface area contributed by atoms with Gasteiger partial charge >= 0.3 is 0 Å². The molecule has 0 heterocycles. The SMILES string of the molecule is COc1cc(N)cc(Nc2ccc(I)cc2Br)c1. The van der Waals surface area contributed by atoms with Crippen LogP contribution in [0.3, 0.4) is 0 Å². The highest BCUT2D eigenvalue weighted by Gasteiger charge is 2.03. The third-order valence-corrected chi connectivity index (χ3v) is 3.70. The fraction of sp³-hybridized carbons (Fsp3) is 0.0769. The predicted octanol–water partition coefficient (Wildman–Crippen LogP) is 4.39. The van der Waals surface area contributed by atoms with Crippen molar-refractivity contribution < 1.29 is 4.74 Å². The van der Waals surface area contributed by atoms with Crippen molar-refractivity contribution in [2.45, 2.75) is 0 Å². The number of ether oxygens (including phenoxy) is 1. The van der Waals surface area contributed by atoms with E-state index >= 15 is 0 Å². The highest BCUT2D eigenvalue weighted by molar-refractivity contribution is 14.1. The number of hydrogen-bond acceptors (Lipinski definition) is 3. The molecule has 94 valence electrons. The van der Waals surface area contributed by atoms with Crippen molar-refractivity contribution in [2.24, 2.45) is 0 Å². The van der Waals surface area contributed by atoms with E-state index in [1.807, 2.05) is 30.3 Å². The minimum atomic E-state index is 0.665. The number of benzene rings is 2.